The second kappa shape index (κ2) is 82.9. The van der Waals surface area contributed by atoms with E-state index in [9.17, 15) is 24.0 Å². The molecule has 0 aliphatic carbocycles. The highest BCUT2D eigenvalue weighted by atomic mass is 16.5. The van der Waals surface area contributed by atoms with E-state index in [2.05, 4.69) is 58.3 Å². The highest BCUT2D eigenvalue weighted by molar-refractivity contribution is 5.72. The first kappa shape index (κ1) is 108. The van der Waals surface area contributed by atoms with E-state index in [1.54, 1.807) is 0 Å². The summed E-state index contributed by atoms with van der Waals surface area (Å²) < 4.78 is 35.5. The second-order valence-corrected chi connectivity index (χ2v) is 36.0. The molecule has 0 aromatic rings. The second-order valence-electron chi connectivity index (χ2n) is 36.0. The van der Waals surface area contributed by atoms with Crippen LogP contribution in [0.25, 0.3) is 0 Å². The monoisotopic (exact) mass is 1600 g/mol. The fraction of sp³-hybridized carbons (Fsp3) is 0.950. The zero-order valence-corrected chi connectivity index (χ0v) is 76.8. The van der Waals surface area contributed by atoms with Crippen LogP contribution in [-0.4, -0.2) is 126 Å². The van der Waals surface area contributed by atoms with E-state index in [1.807, 2.05) is 14.1 Å². The van der Waals surface area contributed by atoms with Gasteiger partial charge >= 0.3 is 29.8 Å². The van der Waals surface area contributed by atoms with Gasteiger partial charge in [0, 0.05) is 52.0 Å². The lowest BCUT2D eigenvalue weighted by molar-refractivity contribution is -0.149. The number of hydrogen-bond acceptors (Lipinski definition) is 13. The first-order valence-corrected chi connectivity index (χ1v) is 50.1. The topological polar surface area (TPSA) is 147 Å². The number of esters is 5. The number of likely N-dealkylation sites (tertiary alicyclic amines) is 1. The minimum atomic E-state index is -0.0491. The molecule has 0 radical (unpaired) electrons. The number of hydrogen-bond donors (Lipinski definition) is 0. The van der Waals surface area contributed by atoms with Gasteiger partial charge in [-0.2, -0.15) is 0 Å². The zero-order chi connectivity index (χ0) is 82.2. The van der Waals surface area contributed by atoms with Crippen LogP contribution in [-0.2, 0) is 52.4 Å². The van der Waals surface area contributed by atoms with E-state index < -0.39 is 0 Å². The Morgan fingerprint density at radius 3 is 0.947 bits per heavy atom. The maximum absolute atomic E-state index is 13.4. The van der Waals surface area contributed by atoms with E-state index in [4.69, 9.17) is 28.4 Å². The quantitative estimate of drug-likeness (QED) is 0.0324. The first-order chi connectivity index (χ1) is 55.3. The molecule has 0 spiro atoms. The maximum Gasteiger partial charge on any atom is 0.308 e. The van der Waals surface area contributed by atoms with E-state index in [1.165, 1.54) is 276 Å². The van der Waals surface area contributed by atoms with Gasteiger partial charge in [-0.25, -0.2) is 0 Å². The molecule has 0 aromatic heterocycles. The molecular formula is C100H192N2O11. The van der Waals surface area contributed by atoms with Gasteiger partial charge in [-0.1, -0.05) is 363 Å². The SMILES string of the molecule is CCCCC(CCCC)CCOC(=O)CCCCCCCCCC(CCCCCCCCCC(=O)OCC(CCCCC(CCCC)CCOC(=O)CCCCCCCCCC(CCCCCCCCCC(=O)OCCC(CCCC)CCCC)C(=O)OCCN(C)C)C(CCCC)CCCC)COCCCN1CCCCC1. The van der Waals surface area contributed by atoms with Crippen LogP contribution in [0, 0.1) is 41.4 Å². The van der Waals surface area contributed by atoms with Crippen LogP contribution in [0.2, 0.25) is 0 Å². The number of piperidine rings is 1. The van der Waals surface area contributed by atoms with Crippen molar-refractivity contribution in [3.63, 3.8) is 0 Å². The van der Waals surface area contributed by atoms with Gasteiger partial charge in [0.2, 0.25) is 0 Å². The summed E-state index contributed by atoms with van der Waals surface area (Å²) in [6.45, 7) is 24.9. The number of rotatable bonds is 88. The molecule has 1 heterocycles. The van der Waals surface area contributed by atoms with Crippen LogP contribution in [0.15, 0.2) is 0 Å². The van der Waals surface area contributed by atoms with Gasteiger partial charge in [-0.05, 0) is 159 Å². The Hall–Kier alpha value is -2.77. The molecule has 4 atom stereocenters. The summed E-state index contributed by atoms with van der Waals surface area (Å²) in [6, 6.07) is 0. The molecule has 1 aliphatic heterocycles. The molecule has 113 heavy (non-hydrogen) atoms. The van der Waals surface area contributed by atoms with Crippen LogP contribution in [0.3, 0.4) is 0 Å². The maximum atomic E-state index is 13.4. The average Bonchev–Trinajstić information content (AvgIpc) is 0.922. The van der Waals surface area contributed by atoms with Gasteiger partial charge in [-0.15, -0.1) is 0 Å². The Morgan fingerprint density at radius 1 is 0.274 bits per heavy atom. The summed E-state index contributed by atoms with van der Waals surface area (Å²) in [4.78, 5) is 69.1. The minimum absolute atomic E-state index is 0.00122. The third-order valence-electron chi connectivity index (χ3n) is 25.2. The van der Waals surface area contributed by atoms with Crippen molar-refractivity contribution in [2.24, 2.45) is 41.4 Å². The standard InChI is InChI=1S/C100H192N2O11/c1-10-17-58-89(59-18-11-2)75-83-109-96(103)71-49-40-32-24-28-36-45-64-92(87-108-82-57-80-102-78-55-44-56-79-102)65-46-37-29-25-33-43-52-74-99(106)113-88-95(93(66-22-15-6)67-23-16-7)70-54-53-63-91(62-21-14-5)77-85-111-98(105)73-51-42-35-27-31-39-48-69-94(100(107)112-86-81-101(8)9)68-47-38-30-26-34-41-50-72-97(104)110-84-76-90(60-19-12-3)61-20-13-4/h89-95H,10-88H2,1-9H3. The van der Waals surface area contributed by atoms with Gasteiger partial charge in [0.1, 0.15) is 6.61 Å². The normalized spacial score (nSPS) is 13.8. The van der Waals surface area contributed by atoms with E-state index in [0.717, 1.165) is 174 Å². The van der Waals surface area contributed by atoms with Crippen LogP contribution >= 0.6 is 0 Å². The molecule has 1 fully saturated rings. The molecule has 1 rings (SSSR count). The zero-order valence-electron chi connectivity index (χ0n) is 76.8. The Balaban J connectivity index is 2.45. The number of carbonyl (C=O) groups excluding carboxylic acids is 5. The largest absolute Gasteiger partial charge is 0.466 e. The molecule has 668 valence electrons. The van der Waals surface area contributed by atoms with Crippen LogP contribution in [0.5, 0.6) is 0 Å². The molecule has 0 saturated carbocycles. The van der Waals surface area contributed by atoms with Crippen molar-refractivity contribution in [2.75, 3.05) is 86.5 Å². The Morgan fingerprint density at radius 2 is 0.575 bits per heavy atom. The average molecular weight is 1600 g/mol. The molecule has 0 amide bonds. The van der Waals surface area contributed by atoms with Gasteiger partial charge in [0.25, 0.3) is 0 Å². The summed E-state index contributed by atoms with van der Waals surface area (Å²) >= 11 is 0. The summed E-state index contributed by atoms with van der Waals surface area (Å²) in [5.41, 5.74) is 0. The molecule has 1 aliphatic rings. The number of carbonyl (C=O) groups is 5. The number of ether oxygens (including phenoxy) is 6. The molecular weight excluding hydrogens is 1410 g/mol. The lowest BCUT2D eigenvalue weighted by Gasteiger charge is -2.27. The van der Waals surface area contributed by atoms with E-state index in [0.29, 0.717) is 94.2 Å². The van der Waals surface area contributed by atoms with Crippen molar-refractivity contribution in [2.45, 2.75) is 485 Å². The van der Waals surface area contributed by atoms with Gasteiger partial charge in [0.15, 0.2) is 0 Å². The van der Waals surface area contributed by atoms with Gasteiger partial charge in [0.05, 0.1) is 32.3 Å². The molecule has 0 bridgehead atoms. The Kier molecular flexibility index (Phi) is 79.4. The van der Waals surface area contributed by atoms with Crippen LogP contribution in [0.4, 0.5) is 0 Å². The number of nitrogens with zero attached hydrogens (tertiary/aromatic N) is 2. The molecule has 0 N–H and O–H groups in total. The number of unbranched alkanes of at least 4 members (excludes halogenated alkanes) is 32. The summed E-state index contributed by atoms with van der Waals surface area (Å²) in [5, 5.41) is 0. The molecule has 13 nitrogen and oxygen atoms in total. The van der Waals surface area contributed by atoms with Crippen molar-refractivity contribution in [1.29, 1.82) is 0 Å². The van der Waals surface area contributed by atoms with Crippen molar-refractivity contribution in [3.05, 3.63) is 0 Å². The van der Waals surface area contributed by atoms with E-state index >= 15 is 0 Å². The van der Waals surface area contributed by atoms with Crippen molar-refractivity contribution in [1.82, 2.24) is 9.80 Å². The van der Waals surface area contributed by atoms with Crippen molar-refractivity contribution < 1.29 is 52.4 Å². The highest BCUT2D eigenvalue weighted by Gasteiger charge is 2.25. The van der Waals surface area contributed by atoms with Gasteiger partial charge in [-0.3, -0.25) is 24.0 Å². The number of likely N-dealkylation sites (N-methyl/N-ethyl adjacent to an activating group) is 1. The van der Waals surface area contributed by atoms with E-state index in [-0.39, 0.29) is 35.8 Å². The fourth-order valence-electron chi connectivity index (χ4n) is 17.3. The summed E-state index contributed by atoms with van der Waals surface area (Å²) in [7, 11) is 4.02. The third kappa shape index (κ3) is 70.8. The predicted molar refractivity (Wildman–Crippen MR) is 479 cm³/mol. The molecule has 13 heteroatoms. The molecule has 1 saturated heterocycles. The van der Waals surface area contributed by atoms with Crippen LogP contribution in [0.1, 0.15) is 485 Å². The highest BCUT2D eigenvalue weighted by Crippen LogP contribution is 2.32. The molecule has 4 unspecified atom stereocenters. The van der Waals surface area contributed by atoms with Crippen LogP contribution < -0.4 is 0 Å². The van der Waals surface area contributed by atoms with Crippen molar-refractivity contribution >= 4 is 29.8 Å². The Labute approximate surface area is 701 Å². The lowest BCUT2D eigenvalue weighted by atomic mass is 9.81. The lowest BCUT2D eigenvalue weighted by Crippen LogP contribution is -2.31. The van der Waals surface area contributed by atoms with Gasteiger partial charge < -0.3 is 38.2 Å². The molecule has 0 aromatic carbocycles. The summed E-state index contributed by atoms with van der Waals surface area (Å²) in [5.74, 6) is 3.51. The smallest absolute Gasteiger partial charge is 0.308 e. The fourth-order valence-corrected chi connectivity index (χ4v) is 17.3. The minimum Gasteiger partial charge on any atom is -0.466 e. The Bertz CT molecular complexity index is 2040. The third-order valence-corrected chi connectivity index (χ3v) is 25.2. The summed E-state index contributed by atoms with van der Waals surface area (Å²) in [6.07, 6.45) is 77.2. The van der Waals surface area contributed by atoms with Crippen molar-refractivity contribution in [3.8, 4) is 0 Å². The predicted octanol–water partition coefficient (Wildman–Crippen LogP) is 28.6. The first-order valence-electron chi connectivity index (χ1n) is 50.1.